The smallest absolute Gasteiger partial charge is 0.402 e. The first-order valence-electron chi connectivity index (χ1n) is 2.92. The van der Waals surface area contributed by atoms with Crippen LogP contribution >= 0.6 is 0 Å². The van der Waals surface area contributed by atoms with E-state index in [1.165, 1.54) is 6.92 Å². The zero-order valence-electron chi connectivity index (χ0n) is 6.39. The SMILES string of the molecule is C=NN=C(C=C(C)N)C(F)(F)F. The first-order valence-corrected chi connectivity index (χ1v) is 2.92. The van der Waals surface area contributed by atoms with Crippen molar-refractivity contribution in [2.45, 2.75) is 13.1 Å². The normalized spacial score (nSPS) is 14.7. The van der Waals surface area contributed by atoms with Gasteiger partial charge in [0, 0.05) is 12.4 Å². The fourth-order valence-corrected chi connectivity index (χ4v) is 0.459. The molecule has 68 valence electrons. The third-order valence-corrected chi connectivity index (χ3v) is 0.833. The molecule has 0 saturated carbocycles. The second-order valence-electron chi connectivity index (χ2n) is 2.01. The summed E-state index contributed by atoms with van der Waals surface area (Å²) < 4.78 is 35.8. The minimum atomic E-state index is -4.54. The Morgan fingerprint density at radius 2 is 2.00 bits per heavy atom. The highest BCUT2D eigenvalue weighted by Crippen LogP contribution is 2.18. The van der Waals surface area contributed by atoms with Crippen molar-refractivity contribution in [3.05, 3.63) is 11.8 Å². The maximum absolute atomic E-state index is 11.9. The molecule has 0 aromatic rings. The van der Waals surface area contributed by atoms with Gasteiger partial charge in [-0.25, -0.2) is 0 Å². The van der Waals surface area contributed by atoms with Gasteiger partial charge in [0.1, 0.15) is 0 Å². The van der Waals surface area contributed by atoms with Gasteiger partial charge in [-0.15, -0.1) is 5.10 Å². The third kappa shape index (κ3) is 3.75. The maximum atomic E-state index is 11.9. The van der Waals surface area contributed by atoms with E-state index in [1.807, 2.05) is 0 Å². The number of alkyl halides is 3. The summed E-state index contributed by atoms with van der Waals surface area (Å²) in [5, 5.41) is 5.56. The van der Waals surface area contributed by atoms with E-state index >= 15 is 0 Å². The molecule has 0 fully saturated rings. The Morgan fingerprint density at radius 1 is 1.50 bits per heavy atom. The van der Waals surface area contributed by atoms with Crippen LogP contribution < -0.4 is 5.73 Å². The number of hydrogen-bond acceptors (Lipinski definition) is 3. The summed E-state index contributed by atoms with van der Waals surface area (Å²) in [4.78, 5) is 0. The molecular weight excluding hydrogens is 171 g/mol. The van der Waals surface area contributed by atoms with Crippen molar-refractivity contribution in [3.63, 3.8) is 0 Å². The van der Waals surface area contributed by atoms with E-state index in [2.05, 4.69) is 16.9 Å². The van der Waals surface area contributed by atoms with Crippen molar-refractivity contribution in [2.24, 2.45) is 15.9 Å². The molecule has 0 aromatic carbocycles. The Morgan fingerprint density at radius 3 is 2.25 bits per heavy atom. The van der Waals surface area contributed by atoms with Crippen molar-refractivity contribution < 1.29 is 13.2 Å². The summed E-state index contributed by atoms with van der Waals surface area (Å²) in [7, 11) is 0. The first kappa shape index (κ1) is 10.7. The molecule has 0 aromatic heterocycles. The number of halogens is 3. The summed E-state index contributed by atoms with van der Waals surface area (Å²) in [6, 6.07) is 0. The number of hydrogen-bond donors (Lipinski definition) is 1. The van der Waals surface area contributed by atoms with Gasteiger partial charge >= 0.3 is 6.18 Å². The summed E-state index contributed by atoms with van der Waals surface area (Å²) in [6.07, 6.45) is -3.85. The van der Waals surface area contributed by atoms with Crippen LogP contribution in [0.2, 0.25) is 0 Å². The largest absolute Gasteiger partial charge is 0.435 e. The molecule has 0 atom stereocenters. The predicted octanol–water partition coefficient (Wildman–Crippen LogP) is 1.47. The molecule has 6 heteroatoms. The minimum Gasteiger partial charge on any atom is -0.402 e. The van der Waals surface area contributed by atoms with Crippen molar-refractivity contribution >= 4 is 12.4 Å². The van der Waals surface area contributed by atoms with Gasteiger partial charge in [-0.3, -0.25) is 0 Å². The zero-order chi connectivity index (χ0) is 9.78. The number of nitrogens with two attached hydrogens (primary N) is 1. The highest BCUT2D eigenvalue weighted by molar-refractivity contribution is 5.99. The molecule has 2 N–H and O–H groups in total. The van der Waals surface area contributed by atoms with Gasteiger partial charge in [-0.1, -0.05) is 0 Å². The number of rotatable bonds is 2. The van der Waals surface area contributed by atoms with Crippen molar-refractivity contribution in [2.75, 3.05) is 0 Å². The second-order valence-corrected chi connectivity index (χ2v) is 2.01. The monoisotopic (exact) mass is 179 g/mol. The third-order valence-electron chi connectivity index (χ3n) is 0.833. The Kier molecular flexibility index (Phi) is 3.46. The quantitative estimate of drug-likeness (QED) is 0.506. The van der Waals surface area contributed by atoms with Gasteiger partial charge in [0.2, 0.25) is 0 Å². The van der Waals surface area contributed by atoms with Crippen molar-refractivity contribution in [3.8, 4) is 0 Å². The van der Waals surface area contributed by atoms with E-state index in [0.29, 0.717) is 6.08 Å². The molecule has 0 aliphatic rings. The van der Waals surface area contributed by atoms with Gasteiger partial charge in [0.15, 0.2) is 5.71 Å². The molecule has 0 amide bonds. The van der Waals surface area contributed by atoms with Gasteiger partial charge in [0.05, 0.1) is 0 Å². The van der Waals surface area contributed by atoms with Crippen LogP contribution in [-0.2, 0) is 0 Å². The summed E-state index contributed by atoms with van der Waals surface area (Å²) >= 11 is 0. The second kappa shape index (κ2) is 3.89. The lowest BCUT2D eigenvalue weighted by molar-refractivity contribution is -0.0579. The molecule has 0 aliphatic heterocycles. The fourth-order valence-electron chi connectivity index (χ4n) is 0.459. The van der Waals surface area contributed by atoms with Crippen LogP contribution in [0.25, 0.3) is 0 Å². The maximum Gasteiger partial charge on any atom is 0.435 e. The van der Waals surface area contributed by atoms with Crippen LogP contribution in [0, 0.1) is 0 Å². The van der Waals surface area contributed by atoms with Crippen LogP contribution in [0.5, 0.6) is 0 Å². The summed E-state index contributed by atoms with van der Waals surface area (Å²) in [5.74, 6) is 0. The molecule has 0 aliphatic carbocycles. The molecule has 12 heavy (non-hydrogen) atoms. The minimum absolute atomic E-state index is 0.00900. The van der Waals surface area contributed by atoms with E-state index in [4.69, 9.17) is 5.73 Å². The van der Waals surface area contributed by atoms with E-state index in [0.717, 1.165) is 0 Å². The molecule has 0 spiro atoms. The molecule has 0 rings (SSSR count). The van der Waals surface area contributed by atoms with E-state index < -0.39 is 11.9 Å². The van der Waals surface area contributed by atoms with Crippen molar-refractivity contribution in [1.82, 2.24) is 0 Å². The molecule has 3 nitrogen and oxygen atoms in total. The molecule has 0 unspecified atom stereocenters. The highest BCUT2D eigenvalue weighted by Gasteiger charge is 2.34. The lowest BCUT2D eigenvalue weighted by atomic mass is 10.3. The highest BCUT2D eigenvalue weighted by atomic mass is 19.4. The van der Waals surface area contributed by atoms with E-state index in [1.54, 1.807) is 0 Å². The van der Waals surface area contributed by atoms with Crippen molar-refractivity contribution in [1.29, 1.82) is 0 Å². The molecule has 0 radical (unpaired) electrons. The number of allylic oxidation sites excluding steroid dienone is 2. The molecule has 0 bridgehead atoms. The predicted molar refractivity (Wildman–Crippen MR) is 41.0 cm³/mol. The van der Waals surface area contributed by atoms with Crippen LogP contribution in [0.4, 0.5) is 13.2 Å². The standard InChI is InChI=1S/C6H8F3N3/c1-4(10)3-5(12-11-2)6(7,8)9/h3H,2,10H2,1H3. The van der Waals surface area contributed by atoms with Gasteiger partial charge in [-0.05, 0) is 13.0 Å². The van der Waals surface area contributed by atoms with Crippen LogP contribution in [-0.4, -0.2) is 18.6 Å². The zero-order valence-corrected chi connectivity index (χ0v) is 6.39. The van der Waals surface area contributed by atoms with Crippen LogP contribution in [0.1, 0.15) is 6.92 Å². The van der Waals surface area contributed by atoms with Gasteiger partial charge in [0.25, 0.3) is 0 Å². The topological polar surface area (TPSA) is 50.7 Å². The first-order chi connectivity index (χ1) is 5.38. The van der Waals surface area contributed by atoms with Crippen LogP contribution in [0.3, 0.4) is 0 Å². The van der Waals surface area contributed by atoms with E-state index in [9.17, 15) is 13.2 Å². The van der Waals surface area contributed by atoms with Crippen LogP contribution in [0.15, 0.2) is 22.0 Å². The lowest BCUT2D eigenvalue weighted by Gasteiger charge is -2.04. The number of nitrogens with zero attached hydrogens (tertiary/aromatic N) is 2. The fraction of sp³-hybridized carbons (Fsp3) is 0.333. The summed E-state index contributed by atoms with van der Waals surface area (Å²) in [6.45, 7) is 4.14. The Hall–Kier alpha value is -1.33. The molecule has 0 heterocycles. The Labute approximate surface area is 67.5 Å². The average Bonchev–Trinajstić information content (AvgIpc) is 1.83. The van der Waals surface area contributed by atoms with E-state index in [-0.39, 0.29) is 5.70 Å². The van der Waals surface area contributed by atoms with Gasteiger partial charge in [-0.2, -0.15) is 18.3 Å². The average molecular weight is 179 g/mol. The molecule has 0 saturated heterocycles. The Bertz CT molecular complexity index is 223. The van der Waals surface area contributed by atoms with Gasteiger partial charge < -0.3 is 5.73 Å². The molecular formula is C6H8F3N3. The Balaban J connectivity index is 4.82. The lowest BCUT2D eigenvalue weighted by Crippen LogP contribution is -2.21. The summed E-state index contributed by atoms with van der Waals surface area (Å²) in [5.41, 5.74) is 3.89.